The standard InChI is InChI=1S/C23H18ClN3O3S/c1-13-11-15(14(2)27(13)19-6-4-3-5-18(19)22(29)30)12-20-21(28)26-23(31-20)25-17-9-7-16(24)8-10-17/h3-12H,1-2H3,(H,29,30)(H,25,26,28)/b20-12-. The number of aryl methyl sites for hydroxylation is 1. The molecule has 0 saturated carbocycles. The van der Waals surface area contributed by atoms with E-state index in [1.54, 1.807) is 54.6 Å². The third-order valence-corrected chi connectivity index (χ3v) is 6.00. The Kier molecular flexibility index (Phi) is 5.71. The van der Waals surface area contributed by atoms with Crippen molar-refractivity contribution in [3.05, 3.63) is 87.0 Å². The van der Waals surface area contributed by atoms with E-state index in [9.17, 15) is 14.7 Å². The minimum atomic E-state index is -0.989. The van der Waals surface area contributed by atoms with Crippen molar-refractivity contribution in [2.24, 2.45) is 4.99 Å². The van der Waals surface area contributed by atoms with Crippen molar-refractivity contribution in [1.29, 1.82) is 0 Å². The number of benzene rings is 2. The predicted molar refractivity (Wildman–Crippen MR) is 124 cm³/mol. The minimum Gasteiger partial charge on any atom is -0.478 e. The first-order valence-corrected chi connectivity index (χ1v) is 10.6. The zero-order chi connectivity index (χ0) is 22.1. The van der Waals surface area contributed by atoms with Crippen molar-refractivity contribution in [3.63, 3.8) is 0 Å². The summed E-state index contributed by atoms with van der Waals surface area (Å²) in [6.07, 6.45) is 1.80. The Morgan fingerprint density at radius 2 is 1.87 bits per heavy atom. The summed E-state index contributed by atoms with van der Waals surface area (Å²) in [5.74, 6) is -1.22. The van der Waals surface area contributed by atoms with Crippen LogP contribution >= 0.6 is 23.4 Å². The van der Waals surface area contributed by atoms with E-state index in [4.69, 9.17) is 11.6 Å². The number of aromatic nitrogens is 1. The number of carboxylic acid groups (broad SMARTS) is 1. The summed E-state index contributed by atoms with van der Waals surface area (Å²) in [7, 11) is 0. The number of carboxylic acids is 1. The van der Waals surface area contributed by atoms with E-state index in [0.717, 1.165) is 17.0 Å². The molecule has 1 aliphatic rings. The number of halogens is 1. The van der Waals surface area contributed by atoms with Crippen molar-refractivity contribution in [1.82, 2.24) is 9.88 Å². The molecule has 2 N–H and O–H groups in total. The lowest BCUT2D eigenvalue weighted by Gasteiger charge is -2.12. The summed E-state index contributed by atoms with van der Waals surface area (Å²) >= 11 is 7.15. The number of amidine groups is 1. The molecule has 4 rings (SSSR count). The maximum atomic E-state index is 12.5. The van der Waals surface area contributed by atoms with Crippen molar-refractivity contribution in [3.8, 4) is 5.69 Å². The lowest BCUT2D eigenvalue weighted by molar-refractivity contribution is -0.115. The van der Waals surface area contributed by atoms with Crippen molar-refractivity contribution in [2.75, 3.05) is 0 Å². The number of hydrogen-bond donors (Lipinski definition) is 2. The molecule has 0 radical (unpaired) electrons. The molecule has 0 bridgehead atoms. The fourth-order valence-corrected chi connectivity index (χ4v) is 4.37. The largest absolute Gasteiger partial charge is 0.478 e. The third-order valence-electron chi connectivity index (χ3n) is 4.84. The van der Waals surface area contributed by atoms with Crippen LogP contribution in [0.3, 0.4) is 0 Å². The Hall–Kier alpha value is -3.29. The fraction of sp³-hybridized carbons (Fsp3) is 0.0870. The van der Waals surface area contributed by atoms with Crippen LogP contribution in [0.15, 0.2) is 64.5 Å². The highest BCUT2D eigenvalue weighted by molar-refractivity contribution is 8.18. The van der Waals surface area contributed by atoms with Gasteiger partial charge < -0.3 is 15.0 Å². The SMILES string of the molecule is Cc1cc(/C=C2\SC(=Nc3ccc(Cl)cc3)NC2=O)c(C)n1-c1ccccc1C(=O)O. The number of hydrogen-bond acceptors (Lipinski definition) is 4. The number of aromatic carboxylic acids is 1. The molecule has 0 spiro atoms. The molecular formula is C23H18ClN3O3S. The predicted octanol–water partition coefficient (Wildman–Crippen LogP) is 5.34. The molecule has 1 amide bonds. The molecule has 0 atom stereocenters. The number of rotatable bonds is 4. The topological polar surface area (TPSA) is 83.7 Å². The van der Waals surface area contributed by atoms with Gasteiger partial charge in [0.2, 0.25) is 0 Å². The smallest absolute Gasteiger partial charge is 0.337 e. The first-order chi connectivity index (χ1) is 14.8. The summed E-state index contributed by atoms with van der Waals surface area (Å²) in [6, 6.07) is 15.8. The average molecular weight is 452 g/mol. The molecule has 156 valence electrons. The number of aliphatic imine (C=N–C) groups is 1. The minimum absolute atomic E-state index is 0.217. The van der Waals surface area contributed by atoms with Gasteiger partial charge in [-0.25, -0.2) is 9.79 Å². The zero-order valence-electron chi connectivity index (χ0n) is 16.7. The van der Waals surface area contributed by atoms with E-state index in [1.165, 1.54) is 11.8 Å². The molecule has 1 aliphatic heterocycles. The molecule has 1 fully saturated rings. The van der Waals surface area contributed by atoms with Gasteiger partial charge in [0, 0.05) is 16.4 Å². The van der Waals surface area contributed by atoms with Gasteiger partial charge in [0.15, 0.2) is 5.17 Å². The van der Waals surface area contributed by atoms with Crippen molar-refractivity contribution < 1.29 is 14.7 Å². The zero-order valence-corrected chi connectivity index (χ0v) is 18.3. The molecule has 8 heteroatoms. The molecule has 0 unspecified atom stereocenters. The highest BCUT2D eigenvalue weighted by atomic mass is 35.5. The van der Waals surface area contributed by atoms with Gasteiger partial charge in [-0.05, 0) is 79.7 Å². The van der Waals surface area contributed by atoms with Crippen molar-refractivity contribution in [2.45, 2.75) is 13.8 Å². The lowest BCUT2D eigenvalue weighted by Crippen LogP contribution is -2.19. The van der Waals surface area contributed by atoms with Crippen LogP contribution < -0.4 is 5.32 Å². The van der Waals surface area contributed by atoms with Gasteiger partial charge in [0.25, 0.3) is 5.91 Å². The van der Waals surface area contributed by atoms with E-state index >= 15 is 0 Å². The molecule has 1 saturated heterocycles. The number of carbonyl (C=O) groups excluding carboxylic acids is 1. The summed E-state index contributed by atoms with van der Waals surface area (Å²) in [6.45, 7) is 3.81. The van der Waals surface area contributed by atoms with Gasteiger partial charge in [-0.2, -0.15) is 0 Å². The quantitative estimate of drug-likeness (QED) is 0.524. The first kappa shape index (κ1) is 21.0. The molecule has 1 aromatic heterocycles. The molecule has 31 heavy (non-hydrogen) atoms. The number of nitrogens with one attached hydrogen (secondary N) is 1. The summed E-state index contributed by atoms with van der Waals surface area (Å²) in [5.41, 5.74) is 4.05. The Labute approximate surface area is 188 Å². The molecule has 2 heterocycles. The monoisotopic (exact) mass is 451 g/mol. The Morgan fingerprint density at radius 3 is 2.58 bits per heavy atom. The molecule has 6 nitrogen and oxygen atoms in total. The molecular weight excluding hydrogens is 434 g/mol. The molecule has 2 aromatic carbocycles. The van der Waals surface area contributed by atoms with Gasteiger partial charge in [-0.3, -0.25) is 4.79 Å². The number of nitrogens with zero attached hydrogens (tertiary/aromatic N) is 2. The third kappa shape index (κ3) is 4.28. The van der Waals surface area contributed by atoms with Crippen LogP contribution in [-0.4, -0.2) is 26.7 Å². The van der Waals surface area contributed by atoms with Crippen LogP contribution in [0.4, 0.5) is 5.69 Å². The maximum absolute atomic E-state index is 12.5. The highest BCUT2D eigenvalue weighted by Crippen LogP contribution is 2.31. The van der Waals surface area contributed by atoms with Crippen LogP contribution in [0.2, 0.25) is 5.02 Å². The first-order valence-electron chi connectivity index (χ1n) is 9.40. The second kappa shape index (κ2) is 8.45. The Bertz CT molecular complexity index is 1260. The summed E-state index contributed by atoms with van der Waals surface area (Å²) < 4.78 is 1.89. The Morgan fingerprint density at radius 1 is 1.16 bits per heavy atom. The second-order valence-corrected chi connectivity index (χ2v) is 8.41. The fourth-order valence-electron chi connectivity index (χ4n) is 3.41. The number of thioether (sulfide) groups is 1. The van der Waals surface area contributed by atoms with Crippen LogP contribution in [0.5, 0.6) is 0 Å². The Balaban J connectivity index is 1.67. The molecule has 0 aliphatic carbocycles. The van der Waals surface area contributed by atoms with E-state index < -0.39 is 5.97 Å². The number of carbonyl (C=O) groups is 2. The van der Waals surface area contributed by atoms with E-state index in [2.05, 4.69) is 10.3 Å². The van der Waals surface area contributed by atoms with E-state index in [0.29, 0.717) is 26.5 Å². The van der Waals surface area contributed by atoms with Gasteiger partial charge in [-0.1, -0.05) is 23.7 Å². The summed E-state index contributed by atoms with van der Waals surface area (Å²) in [5, 5.41) is 13.4. The number of para-hydroxylation sites is 1. The summed E-state index contributed by atoms with van der Waals surface area (Å²) in [4.78, 5) is 29.1. The normalized spacial score (nSPS) is 16.2. The lowest BCUT2D eigenvalue weighted by atomic mass is 10.1. The van der Waals surface area contributed by atoms with E-state index in [1.807, 2.05) is 24.5 Å². The highest BCUT2D eigenvalue weighted by Gasteiger charge is 2.25. The second-order valence-electron chi connectivity index (χ2n) is 6.94. The number of amides is 1. The van der Waals surface area contributed by atoms with Gasteiger partial charge >= 0.3 is 5.97 Å². The molecule has 3 aromatic rings. The van der Waals surface area contributed by atoms with Crippen LogP contribution in [0.25, 0.3) is 11.8 Å². The van der Waals surface area contributed by atoms with Gasteiger partial charge in [0.05, 0.1) is 21.8 Å². The van der Waals surface area contributed by atoms with Gasteiger partial charge in [0.1, 0.15) is 0 Å². The van der Waals surface area contributed by atoms with Crippen molar-refractivity contribution >= 4 is 52.2 Å². The van der Waals surface area contributed by atoms with Gasteiger partial charge in [-0.15, -0.1) is 0 Å². The average Bonchev–Trinajstić information content (AvgIpc) is 3.22. The van der Waals surface area contributed by atoms with Crippen LogP contribution in [0.1, 0.15) is 27.3 Å². The maximum Gasteiger partial charge on any atom is 0.337 e. The van der Waals surface area contributed by atoms with Crippen LogP contribution in [0, 0.1) is 13.8 Å². The van der Waals surface area contributed by atoms with E-state index in [-0.39, 0.29) is 11.5 Å². The van der Waals surface area contributed by atoms with Crippen LogP contribution in [-0.2, 0) is 4.79 Å².